The first kappa shape index (κ1) is 12.6. The molecule has 0 amide bonds. The molecular formula is C17H23NO. The highest BCUT2D eigenvalue weighted by atomic mass is 16.5. The van der Waals surface area contributed by atoms with Gasteiger partial charge in [-0.3, -0.25) is 0 Å². The van der Waals surface area contributed by atoms with Crippen molar-refractivity contribution in [2.75, 3.05) is 11.9 Å². The molecule has 2 nitrogen and oxygen atoms in total. The van der Waals surface area contributed by atoms with Gasteiger partial charge in [0.2, 0.25) is 0 Å². The minimum absolute atomic E-state index is 0.236. The molecular weight excluding hydrogens is 234 g/mol. The lowest BCUT2D eigenvalue weighted by Crippen LogP contribution is -2.18. The summed E-state index contributed by atoms with van der Waals surface area (Å²) in [4.78, 5) is 0. The second-order valence-corrected chi connectivity index (χ2v) is 6.11. The molecule has 3 rings (SSSR count). The van der Waals surface area contributed by atoms with Crippen LogP contribution in [0.1, 0.15) is 26.7 Å². The van der Waals surface area contributed by atoms with Crippen molar-refractivity contribution in [2.24, 2.45) is 17.8 Å². The first-order valence-electron chi connectivity index (χ1n) is 7.39. The van der Waals surface area contributed by atoms with Crippen molar-refractivity contribution in [1.29, 1.82) is 0 Å². The summed E-state index contributed by atoms with van der Waals surface area (Å²) in [5.41, 5.74) is 1.20. The molecule has 1 aromatic carbocycles. The molecule has 1 N–H and O–H groups in total. The van der Waals surface area contributed by atoms with E-state index in [4.69, 9.17) is 4.74 Å². The largest absolute Gasteiger partial charge is 0.491 e. The Balaban J connectivity index is 1.51. The van der Waals surface area contributed by atoms with Gasteiger partial charge in [0.05, 0.1) is 6.10 Å². The Morgan fingerprint density at radius 1 is 1.16 bits per heavy atom. The van der Waals surface area contributed by atoms with Gasteiger partial charge < -0.3 is 10.1 Å². The lowest BCUT2D eigenvalue weighted by molar-refractivity contribution is 0.242. The highest BCUT2D eigenvalue weighted by Gasteiger charge is 2.35. The predicted molar refractivity (Wildman–Crippen MR) is 79.5 cm³/mol. The zero-order chi connectivity index (χ0) is 13.2. The molecule has 2 aliphatic carbocycles. The monoisotopic (exact) mass is 257 g/mol. The summed E-state index contributed by atoms with van der Waals surface area (Å²) >= 11 is 0. The molecule has 1 saturated carbocycles. The van der Waals surface area contributed by atoms with Crippen LogP contribution in [0.5, 0.6) is 5.75 Å². The molecule has 19 heavy (non-hydrogen) atoms. The van der Waals surface area contributed by atoms with E-state index in [0.29, 0.717) is 0 Å². The highest BCUT2D eigenvalue weighted by molar-refractivity contribution is 5.46. The number of hydrogen-bond donors (Lipinski definition) is 1. The quantitative estimate of drug-likeness (QED) is 0.802. The average molecular weight is 257 g/mol. The van der Waals surface area contributed by atoms with Gasteiger partial charge in [0, 0.05) is 12.2 Å². The number of allylic oxidation sites excluding steroid dienone is 2. The Hall–Kier alpha value is -1.44. The molecule has 3 unspecified atom stereocenters. The Kier molecular flexibility index (Phi) is 3.50. The Bertz CT molecular complexity index is 449. The maximum absolute atomic E-state index is 5.65. The number of fused-ring (bicyclic) bond motifs is 2. The van der Waals surface area contributed by atoms with Crippen LogP contribution in [0.25, 0.3) is 0 Å². The molecule has 0 aliphatic heterocycles. The number of anilines is 1. The molecule has 0 spiro atoms. The van der Waals surface area contributed by atoms with Gasteiger partial charge in [-0.1, -0.05) is 12.2 Å². The van der Waals surface area contributed by atoms with Crippen molar-refractivity contribution < 1.29 is 4.74 Å². The maximum Gasteiger partial charge on any atom is 0.119 e. The minimum Gasteiger partial charge on any atom is -0.491 e. The normalized spacial score (nSPS) is 28.1. The fourth-order valence-electron chi connectivity index (χ4n) is 3.30. The predicted octanol–water partition coefficient (Wildman–Crippen LogP) is 4.10. The van der Waals surface area contributed by atoms with Gasteiger partial charge in [-0.15, -0.1) is 0 Å². The number of benzene rings is 1. The zero-order valence-corrected chi connectivity index (χ0v) is 11.8. The van der Waals surface area contributed by atoms with Crippen LogP contribution in [-0.2, 0) is 0 Å². The summed E-state index contributed by atoms with van der Waals surface area (Å²) in [5, 5.41) is 3.56. The van der Waals surface area contributed by atoms with E-state index in [1.807, 2.05) is 12.1 Å². The van der Waals surface area contributed by atoms with Gasteiger partial charge in [-0.2, -0.15) is 0 Å². The standard InChI is InChI=1S/C17H23NO/c1-12(2)19-17-7-5-16(6-8-17)18-11-15-10-13-3-4-14(15)9-13/h3-8,12-15,18H,9-11H2,1-2H3. The van der Waals surface area contributed by atoms with Gasteiger partial charge in [-0.25, -0.2) is 0 Å². The second-order valence-electron chi connectivity index (χ2n) is 6.11. The van der Waals surface area contributed by atoms with Crippen LogP contribution in [0.15, 0.2) is 36.4 Å². The Morgan fingerprint density at radius 3 is 2.53 bits per heavy atom. The van der Waals surface area contributed by atoms with Crippen molar-refractivity contribution in [3.8, 4) is 5.75 Å². The van der Waals surface area contributed by atoms with Crippen molar-refractivity contribution >= 4 is 5.69 Å². The summed E-state index contributed by atoms with van der Waals surface area (Å²) < 4.78 is 5.65. The average Bonchev–Trinajstić information content (AvgIpc) is 2.99. The smallest absolute Gasteiger partial charge is 0.119 e. The van der Waals surface area contributed by atoms with E-state index >= 15 is 0 Å². The van der Waals surface area contributed by atoms with E-state index in [-0.39, 0.29) is 6.10 Å². The molecule has 2 bridgehead atoms. The topological polar surface area (TPSA) is 21.3 Å². The van der Waals surface area contributed by atoms with Gasteiger partial charge >= 0.3 is 0 Å². The third-order valence-corrected chi connectivity index (χ3v) is 4.21. The SMILES string of the molecule is CC(C)Oc1ccc(NCC2CC3C=CC2C3)cc1. The van der Waals surface area contributed by atoms with Crippen LogP contribution >= 0.6 is 0 Å². The number of nitrogens with one attached hydrogen (secondary N) is 1. The van der Waals surface area contributed by atoms with Gasteiger partial charge in [0.25, 0.3) is 0 Å². The van der Waals surface area contributed by atoms with E-state index in [1.54, 1.807) is 0 Å². The molecule has 3 atom stereocenters. The molecule has 2 aliphatic rings. The van der Waals surface area contributed by atoms with Crippen LogP contribution in [-0.4, -0.2) is 12.6 Å². The summed E-state index contributed by atoms with van der Waals surface area (Å²) in [6, 6.07) is 8.31. The molecule has 102 valence electrons. The van der Waals surface area contributed by atoms with Crippen LogP contribution < -0.4 is 10.1 Å². The first-order chi connectivity index (χ1) is 9.20. The van der Waals surface area contributed by atoms with Crippen LogP contribution in [0.3, 0.4) is 0 Å². The molecule has 0 heterocycles. The zero-order valence-electron chi connectivity index (χ0n) is 11.8. The highest BCUT2D eigenvalue weighted by Crippen LogP contribution is 2.43. The third kappa shape index (κ3) is 2.94. The van der Waals surface area contributed by atoms with Gasteiger partial charge in [-0.05, 0) is 68.7 Å². The summed E-state index contributed by atoms with van der Waals surface area (Å²) in [7, 11) is 0. The lowest BCUT2D eigenvalue weighted by atomic mass is 9.93. The van der Waals surface area contributed by atoms with E-state index in [9.17, 15) is 0 Å². The fourth-order valence-corrected chi connectivity index (χ4v) is 3.30. The van der Waals surface area contributed by atoms with Gasteiger partial charge in [0.1, 0.15) is 5.75 Å². The Morgan fingerprint density at radius 2 is 1.95 bits per heavy atom. The number of hydrogen-bond acceptors (Lipinski definition) is 2. The molecule has 0 saturated heterocycles. The van der Waals surface area contributed by atoms with E-state index < -0.39 is 0 Å². The Labute approximate surface area is 115 Å². The van der Waals surface area contributed by atoms with E-state index in [0.717, 1.165) is 30.0 Å². The van der Waals surface area contributed by atoms with Crippen LogP contribution in [0.4, 0.5) is 5.69 Å². The second kappa shape index (κ2) is 5.28. The summed E-state index contributed by atoms with van der Waals surface area (Å²) in [5.74, 6) is 3.45. The molecule has 0 radical (unpaired) electrons. The van der Waals surface area contributed by atoms with Crippen LogP contribution in [0.2, 0.25) is 0 Å². The molecule has 1 fully saturated rings. The minimum atomic E-state index is 0.236. The van der Waals surface area contributed by atoms with E-state index in [1.165, 1.54) is 18.5 Å². The lowest BCUT2D eigenvalue weighted by Gasteiger charge is -2.19. The third-order valence-electron chi connectivity index (χ3n) is 4.21. The summed E-state index contributed by atoms with van der Waals surface area (Å²) in [6.07, 6.45) is 7.80. The van der Waals surface area contributed by atoms with Gasteiger partial charge in [0.15, 0.2) is 0 Å². The maximum atomic E-state index is 5.65. The van der Waals surface area contributed by atoms with Crippen molar-refractivity contribution in [1.82, 2.24) is 0 Å². The summed E-state index contributed by atoms with van der Waals surface area (Å²) in [6.45, 7) is 5.19. The number of rotatable bonds is 5. The van der Waals surface area contributed by atoms with Crippen LogP contribution in [0, 0.1) is 17.8 Å². The molecule has 0 aromatic heterocycles. The fraction of sp³-hybridized carbons (Fsp3) is 0.529. The van der Waals surface area contributed by atoms with Crippen molar-refractivity contribution in [2.45, 2.75) is 32.8 Å². The van der Waals surface area contributed by atoms with Crippen molar-refractivity contribution in [3.05, 3.63) is 36.4 Å². The molecule has 2 heteroatoms. The number of ether oxygens (including phenoxy) is 1. The van der Waals surface area contributed by atoms with Crippen molar-refractivity contribution in [3.63, 3.8) is 0 Å². The molecule has 1 aromatic rings. The first-order valence-corrected chi connectivity index (χ1v) is 7.39. The van der Waals surface area contributed by atoms with E-state index in [2.05, 4.69) is 43.4 Å².